The molecule has 1 aliphatic heterocycles. The monoisotopic (exact) mass is 398 g/mol. The molecular formula is C22H28N3O4+. The third kappa shape index (κ3) is 4.68. The van der Waals surface area contributed by atoms with Crippen molar-refractivity contribution in [1.82, 2.24) is 10.6 Å². The normalized spacial score (nSPS) is 16.3. The minimum Gasteiger partial charge on any atom is -0.493 e. The largest absolute Gasteiger partial charge is 0.493 e. The van der Waals surface area contributed by atoms with E-state index >= 15 is 0 Å². The number of hydrogen-bond acceptors (Lipinski definition) is 4. The number of benzene rings is 2. The Labute approximate surface area is 171 Å². The Morgan fingerprint density at radius 2 is 1.72 bits per heavy atom. The van der Waals surface area contributed by atoms with E-state index in [1.807, 2.05) is 49.4 Å². The lowest BCUT2D eigenvalue weighted by Gasteiger charge is -2.32. The smallest absolute Gasteiger partial charge is 0.321 e. The molecule has 0 aromatic heterocycles. The lowest BCUT2D eigenvalue weighted by atomic mass is 9.95. The number of quaternary nitrogens is 1. The highest BCUT2D eigenvalue weighted by Crippen LogP contribution is 2.31. The maximum Gasteiger partial charge on any atom is 0.321 e. The van der Waals surface area contributed by atoms with E-state index in [0.717, 1.165) is 29.0 Å². The molecule has 2 aromatic rings. The second-order valence-corrected chi connectivity index (χ2v) is 7.00. The van der Waals surface area contributed by atoms with Gasteiger partial charge in [0, 0.05) is 24.1 Å². The van der Waals surface area contributed by atoms with Crippen molar-refractivity contribution in [2.45, 2.75) is 25.9 Å². The van der Waals surface area contributed by atoms with Gasteiger partial charge in [0.25, 0.3) is 5.91 Å². The Morgan fingerprint density at radius 1 is 1.07 bits per heavy atom. The van der Waals surface area contributed by atoms with Gasteiger partial charge in [-0.15, -0.1) is 0 Å². The molecule has 2 atom stereocenters. The van der Waals surface area contributed by atoms with Gasteiger partial charge in [0.05, 0.1) is 20.8 Å². The summed E-state index contributed by atoms with van der Waals surface area (Å²) in [6.45, 7) is 3.69. The number of amides is 3. The highest BCUT2D eigenvalue weighted by Gasteiger charge is 2.35. The molecule has 1 heterocycles. The van der Waals surface area contributed by atoms with E-state index in [0.29, 0.717) is 24.6 Å². The van der Waals surface area contributed by atoms with Gasteiger partial charge in [-0.2, -0.15) is 0 Å². The number of methoxy groups -OCH3 is 2. The predicted octanol–water partition coefficient (Wildman–Crippen LogP) is 1.23. The third-order valence-corrected chi connectivity index (χ3v) is 5.22. The van der Waals surface area contributed by atoms with Crippen LogP contribution in [0.25, 0.3) is 0 Å². The highest BCUT2D eigenvalue weighted by molar-refractivity contribution is 5.96. The van der Waals surface area contributed by atoms with Crippen LogP contribution < -0.4 is 25.0 Å². The summed E-state index contributed by atoms with van der Waals surface area (Å²) in [6, 6.07) is 12.6. The highest BCUT2D eigenvalue weighted by atomic mass is 16.5. The number of carbonyl (C=O) groups excluding carboxylic acids is 2. The van der Waals surface area contributed by atoms with E-state index in [9.17, 15) is 9.59 Å². The number of imide groups is 1. The fourth-order valence-corrected chi connectivity index (χ4v) is 3.84. The summed E-state index contributed by atoms with van der Waals surface area (Å²) in [5.74, 6) is 1.08. The number of fused-ring (bicyclic) bond motifs is 1. The zero-order valence-corrected chi connectivity index (χ0v) is 17.1. The molecular weight excluding hydrogens is 370 g/mol. The van der Waals surface area contributed by atoms with Gasteiger partial charge in [0.2, 0.25) is 0 Å². The molecule has 1 aliphatic rings. The maximum absolute atomic E-state index is 13.0. The minimum atomic E-state index is -0.486. The Morgan fingerprint density at radius 3 is 2.34 bits per heavy atom. The quantitative estimate of drug-likeness (QED) is 0.684. The van der Waals surface area contributed by atoms with Gasteiger partial charge >= 0.3 is 6.03 Å². The van der Waals surface area contributed by atoms with Gasteiger partial charge in [-0.1, -0.05) is 30.3 Å². The average Bonchev–Trinajstić information content (AvgIpc) is 2.73. The van der Waals surface area contributed by atoms with Crippen LogP contribution in [-0.4, -0.2) is 39.2 Å². The van der Waals surface area contributed by atoms with Gasteiger partial charge in [0.1, 0.15) is 6.54 Å². The molecule has 0 saturated heterocycles. The van der Waals surface area contributed by atoms with E-state index in [1.54, 1.807) is 14.2 Å². The third-order valence-electron chi connectivity index (χ3n) is 5.22. The molecule has 3 N–H and O–H groups in total. The van der Waals surface area contributed by atoms with Crippen molar-refractivity contribution in [1.29, 1.82) is 0 Å². The first kappa shape index (κ1) is 20.7. The lowest BCUT2D eigenvalue weighted by molar-refractivity contribution is -0.937. The van der Waals surface area contributed by atoms with Crippen molar-refractivity contribution >= 4 is 11.9 Å². The molecule has 154 valence electrons. The molecule has 29 heavy (non-hydrogen) atoms. The SMILES string of the molecule is CCNC(=O)NC(=O)[C@H](c1ccccc1)[NH+]1CCc2cc(OC)c(OC)cc2C1. The summed E-state index contributed by atoms with van der Waals surface area (Å²) in [6.07, 6.45) is 0.808. The van der Waals surface area contributed by atoms with Crippen molar-refractivity contribution < 1.29 is 24.0 Å². The molecule has 2 aromatic carbocycles. The summed E-state index contributed by atoms with van der Waals surface area (Å²) < 4.78 is 10.9. The molecule has 1 unspecified atom stereocenters. The fraction of sp³-hybridized carbons (Fsp3) is 0.364. The molecule has 3 amide bonds. The molecule has 0 fully saturated rings. The van der Waals surface area contributed by atoms with Gasteiger partial charge in [-0.3, -0.25) is 10.1 Å². The van der Waals surface area contributed by atoms with Crippen LogP contribution >= 0.6 is 0 Å². The van der Waals surface area contributed by atoms with Crippen LogP contribution in [0.3, 0.4) is 0 Å². The minimum absolute atomic E-state index is 0.305. The van der Waals surface area contributed by atoms with Gasteiger partial charge in [0.15, 0.2) is 17.5 Å². The molecule has 0 aliphatic carbocycles. The first-order chi connectivity index (χ1) is 14.1. The van der Waals surface area contributed by atoms with Crippen LogP contribution in [-0.2, 0) is 17.8 Å². The van der Waals surface area contributed by atoms with E-state index in [1.165, 1.54) is 5.56 Å². The zero-order chi connectivity index (χ0) is 20.8. The average molecular weight is 398 g/mol. The van der Waals surface area contributed by atoms with E-state index in [-0.39, 0.29) is 5.91 Å². The Hall–Kier alpha value is -3.06. The molecule has 0 bridgehead atoms. The predicted molar refractivity (Wildman–Crippen MR) is 109 cm³/mol. The first-order valence-corrected chi connectivity index (χ1v) is 9.79. The van der Waals surface area contributed by atoms with E-state index < -0.39 is 12.1 Å². The molecule has 7 heteroatoms. The number of rotatable bonds is 6. The summed E-state index contributed by atoms with van der Waals surface area (Å²) in [5, 5.41) is 5.11. The Balaban J connectivity index is 1.89. The number of carbonyl (C=O) groups is 2. The van der Waals surface area contributed by atoms with E-state index in [4.69, 9.17) is 9.47 Å². The molecule has 0 saturated carbocycles. The first-order valence-electron chi connectivity index (χ1n) is 9.79. The summed E-state index contributed by atoms with van der Waals surface area (Å²) in [4.78, 5) is 26.0. The number of nitrogens with one attached hydrogen (secondary N) is 3. The molecule has 0 radical (unpaired) electrons. The topological polar surface area (TPSA) is 81.1 Å². The van der Waals surface area contributed by atoms with Gasteiger partial charge < -0.3 is 19.7 Å². The number of urea groups is 1. The fourth-order valence-electron chi connectivity index (χ4n) is 3.84. The van der Waals surface area contributed by atoms with Crippen LogP contribution in [0.4, 0.5) is 4.79 Å². The van der Waals surface area contributed by atoms with Gasteiger partial charge in [-0.05, 0) is 24.6 Å². The molecule has 7 nitrogen and oxygen atoms in total. The summed E-state index contributed by atoms with van der Waals surface area (Å²) in [7, 11) is 3.24. The van der Waals surface area contributed by atoms with Crippen LogP contribution in [0.1, 0.15) is 29.7 Å². The second kappa shape index (κ2) is 9.43. The number of ether oxygens (including phenoxy) is 2. The molecule has 0 spiro atoms. The number of hydrogen-bond donors (Lipinski definition) is 3. The second-order valence-electron chi connectivity index (χ2n) is 7.00. The van der Waals surface area contributed by atoms with Crippen molar-refractivity contribution in [3.63, 3.8) is 0 Å². The standard InChI is InChI=1S/C22H27N3O4/c1-4-23-22(27)24-21(26)20(15-8-6-5-7-9-15)25-11-10-16-12-18(28-2)19(29-3)13-17(16)14-25/h5-9,12-13,20H,4,10-11,14H2,1-3H3,(H2,23,24,26,27)/p+1/t20-/m0/s1. The van der Waals surface area contributed by atoms with Crippen LogP contribution in [0.15, 0.2) is 42.5 Å². The lowest BCUT2D eigenvalue weighted by Crippen LogP contribution is -3.13. The van der Waals surface area contributed by atoms with Crippen LogP contribution in [0, 0.1) is 0 Å². The maximum atomic E-state index is 13.0. The summed E-state index contributed by atoms with van der Waals surface area (Å²) in [5.41, 5.74) is 3.20. The molecule has 3 rings (SSSR count). The summed E-state index contributed by atoms with van der Waals surface area (Å²) >= 11 is 0. The Bertz CT molecular complexity index is 870. The van der Waals surface area contributed by atoms with Crippen molar-refractivity contribution in [2.24, 2.45) is 0 Å². The van der Waals surface area contributed by atoms with Crippen LogP contribution in [0.2, 0.25) is 0 Å². The van der Waals surface area contributed by atoms with Crippen molar-refractivity contribution in [3.8, 4) is 11.5 Å². The van der Waals surface area contributed by atoms with Crippen LogP contribution in [0.5, 0.6) is 11.5 Å². The zero-order valence-electron chi connectivity index (χ0n) is 17.1. The van der Waals surface area contributed by atoms with Gasteiger partial charge in [-0.25, -0.2) is 4.79 Å². The Kier molecular flexibility index (Phi) is 6.72. The van der Waals surface area contributed by atoms with Crippen molar-refractivity contribution in [2.75, 3.05) is 27.3 Å². The van der Waals surface area contributed by atoms with E-state index in [2.05, 4.69) is 10.6 Å². The van der Waals surface area contributed by atoms with Crippen molar-refractivity contribution in [3.05, 3.63) is 59.2 Å².